The number of hydrogen-bond donors (Lipinski definition) is 0. The van der Waals surface area contributed by atoms with E-state index in [1.807, 2.05) is 29.2 Å². The monoisotopic (exact) mass is 438 g/mol. The van der Waals surface area contributed by atoms with Crippen molar-refractivity contribution in [2.45, 2.75) is 38.1 Å². The number of benzene rings is 2. The van der Waals surface area contributed by atoms with Crippen LogP contribution in [0, 0.1) is 5.82 Å². The first-order chi connectivity index (χ1) is 15.2. The van der Waals surface area contributed by atoms with Crippen LogP contribution in [0.2, 0.25) is 0 Å². The number of aliphatic imine (C=N–C) groups is 1. The Morgan fingerprint density at radius 1 is 1.00 bits per heavy atom. The van der Waals surface area contributed by atoms with Crippen molar-refractivity contribution >= 4 is 34.6 Å². The van der Waals surface area contributed by atoms with E-state index in [2.05, 4.69) is 0 Å². The molecule has 2 aromatic rings. The largest absolute Gasteiger partial charge is 0.486 e. The molecule has 1 saturated heterocycles. The van der Waals surface area contributed by atoms with Gasteiger partial charge in [0.1, 0.15) is 19.0 Å². The van der Waals surface area contributed by atoms with E-state index < -0.39 is 0 Å². The maximum atomic E-state index is 13.4. The third-order valence-corrected chi connectivity index (χ3v) is 6.68. The molecular formula is C24H23FN2O3S. The summed E-state index contributed by atoms with van der Waals surface area (Å²) < 4.78 is 24.6. The molecule has 0 aromatic heterocycles. The number of nitrogens with zero attached hydrogens (tertiary/aromatic N) is 2. The predicted molar refractivity (Wildman–Crippen MR) is 120 cm³/mol. The normalized spacial score (nSPS) is 21.8. The first-order valence-electron chi connectivity index (χ1n) is 10.6. The molecule has 1 saturated carbocycles. The third-order valence-electron chi connectivity index (χ3n) is 5.69. The molecule has 0 spiro atoms. The second-order valence-corrected chi connectivity index (χ2v) is 8.86. The van der Waals surface area contributed by atoms with Crippen LogP contribution in [0.4, 0.5) is 10.1 Å². The Morgan fingerprint density at radius 2 is 1.74 bits per heavy atom. The Morgan fingerprint density at radius 3 is 2.52 bits per heavy atom. The zero-order valence-corrected chi connectivity index (χ0v) is 17.9. The molecule has 5 nitrogen and oxygen atoms in total. The van der Waals surface area contributed by atoms with E-state index in [0.717, 1.165) is 37.0 Å². The van der Waals surface area contributed by atoms with Crippen molar-refractivity contribution in [2.24, 2.45) is 4.99 Å². The number of rotatable bonds is 3. The van der Waals surface area contributed by atoms with Gasteiger partial charge in [-0.2, -0.15) is 0 Å². The lowest BCUT2D eigenvalue weighted by atomic mass is 9.94. The van der Waals surface area contributed by atoms with Gasteiger partial charge >= 0.3 is 0 Å². The summed E-state index contributed by atoms with van der Waals surface area (Å²) in [7, 11) is 0. The fourth-order valence-electron chi connectivity index (χ4n) is 4.15. The molecule has 2 heterocycles. The minimum atomic E-state index is -0.303. The number of fused-ring (bicyclic) bond motifs is 1. The molecule has 31 heavy (non-hydrogen) atoms. The molecule has 7 heteroatoms. The molecule has 0 unspecified atom stereocenters. The summed E-state index contributed by atoms with van der Waals surface area (Å²) in [6.07, 6.45) is 7.27. The van der Waals surface area contributed by atoms with Crippen molar-refractivity contribution < 1.29 is 18.7 Å². The first kappa shape index (κ1) is 20.1. The Hall–Kier alpha value is -2.80. The van der Waals surface area contributed by atoms with Gasteiger partial charge in [-0.1, -0.05) is 25.3 Å². The summed E-state index contributed by atoms with van der Waals surface area (Å²) in [6, 6.07) is 11.9. The molecule has 1 amide bonds. The van der Waals surface area contributed by atoms with E-state index in [9.17, 15) is 9.18 Å². The quantitative estimate of drug-likeness (QED) is 0.591. The average molecular weight is 439 g/mol. The van der Waals surface area contributed by atoms with Crippen molar-refractivity contribution in [3.8, 4) is 11.5 Å². The summed E-state index contributed by atoms with van der Waals surface area (Å²) in [5.74, 6) is 1.09. The van der Waals surface area contributed by atoms with E-state index in [-0.39, 0.29) is 17.8 Å². The van der Waals surface area contributed by atoms with Crippen LogP contribution in [0.25, 0.3) is 6.08 Å². The maximum Gasteiger partial charge on any atom is 0.267 e. The van der Waals surface area contributed by atoms with Crippen LogP contribution >= 0.6 is 11.8 Å². The standard InChI is InChI=1S/C24H23FN2O3S/c25-17-7-9-18(10-8-17)26-24-27(19-4-2-1-3-5-19)23(28)22(31-24)15-16-6-11-20-21(14-16)30-13-12-29-20/h6-11,14-15,19H,1-5,12-13H2/b22-15-,26-24-. The number of carbonyl (C=O) groups excluding carboxylic acids is 1. The smallest absolute Gasteiger partial charge is 0.267 e. The highest BCUT2D eigenvalue weighted by molar-refractivity contribution is 8.18. The molecule has 0 N–H and O–H groups in total. The summed E-state index contributed by atoms with van der Waals surface area (Å²) >= 11 is 1.37. The second-order valence-electron chi connectivity index (χ2n) is 7.85. The van der Waals surface area contributed by atoms with Crippen LogP contribution in [0.1, 0.15) is 37.7 Å². The molecule has 160 valence electrons. The molecule has 2 fully saturated rings. The van der Waals surface area contributed by atoms with E-state index in [0.29, 0.717) is 34.7 Å². The predicted octanol–water partition coefficient (Wildman–Crippen LogP) is 5.53. The topological polar surface area (TPSA) is 51.1 Å². The van der Waals surface area contributed by atoms with Gasteiger partial charge in [-0.25, -0.2) is 9.38 Å². The van der Waals surface area contributed by atoms with Crippen LogP contribution < -0.4 is 9.47 Å². The number of ether oxygens (including phenoxy) is 2. The van der Waals surface area contributed by atoms with Crippen molar-refractivity contribution in [3.05, 3.63) is 58.8 Å². The average Bonchev–Trinajstić information content (AvgIpc) is 3.10. The van der Waals surface area contributed by atoms with Gasteiger partial charge in [0.15, 0.2) is 16.7 Å². The second kappa shape index (κ2) is 8.75. The maximum absolute atomic E-state index is 13.4. The fraction of sp³-hybridized carbons (Fsp3) is 0.333. The molecule has 5 rings (SSSR count). The highest BCUT2D eigenvalue weighted by atomic mass is 32.2. The lowest BCUT2D eigenvalue weighted by molar-refractivity contribution is -0.124. The molecular weight excluding hydrogens is 415 g/mol. The van der Waals surface area contributed by atoms with E-state index in [1.165, 1.54) is 30.3 Å². The molecule has 3 aliphatic rings. The molecule has 2 aliphatic heterocycles. The zero-order valence-electron chi connectivity index (χ0n) is 17.1. The van der Waals surface area contributed by atoms with Gasteiger partial charge in [0.25, 0.3) is 5.91 Å². The highest BCUT2D eigenvalue weighted by Gasteiger charge is 2.38. The zero-order chi connectivity index (χ0) is 21.2. The van der Waals surface area contributed by atoms with Gasteiger partial charge < -0.3 is 9.47 Å². The number of halogens is 1. The van der Waals surface area contributed by atoms with Gasteiger partial charge in [-0.3, -0.25) is 9.69 Å². The number of amidine groups is 1. The van der Waals surface area contributed by atoms with Gasteiger partial charge in [0.2, 0.25) is 0 Å². The summed E-state index contributed by atoms with van der Waals surface area (Å²) in [4.78, 5) is 20.6. The van der Waals surface area contributed by atoms with Crippen LogP contribution in [-0.4, -0.2) is 35.2 Å². The Labute approximate surface area is 184 Å². The van der Waals surface area contributed by atoms with Crippen molar-refractivity contribution in [2.75, 3.05) is 13.2 Å². The van der Waals surface area contributed by atoms with Crippen LogP contribution in [0.15, 0.2) is 52.4 Å². The molecule has 0 bridgehead atoms. The van der Waals surface area contributed by atoms with Gasteiger partial charge in [0, 0.05) is 6.04 Å². The summed E-state index contributed by atoms with van der Waals surface area (Å²) in [5, 5.41) is 0.660. The Kier molecular flexibility index (Phi) is 5.68. The van der Waals surface area contributed by atoms with Crippen molar-refractivity contribution in [1.82, 2.24) is 4.90 Å². The van der Waals surface area contributed by atoms with Crippen LogP contribution in [0.3, 0.4) is 0 Å². The first-order valence-corrected chi connectivity index (χ1v) is 11.5. The Bertz CT molecular complexity index is 1050. The molecule has 0 atom stereocenters. The lowest BCUT2D eigenvalue weighted by Crippen LogP contribution is -2.40. The third kappa shape index (κ3) is 4.32. The van der Waals surface area contributed by atoms with E-state index >= 15 is 0 Å². The van der Waals surface area contributed by atoms with Gasteiger partial charge in [0.05, 0.1) is 10.6 Å². The minimum Gasteiger partial charge on any atom is -0.486 e. The minimum absolute atomic E-state index is 0.0207. The number of thioether (sulfide) groups is 1. The van der Waals surface area contributed by atoms with Crippen molar-refractivity contribution in [1.29, 1.82) is 0 Å². The van der Waals surface area contributed by atoms with Crippen molar-refractivity contribution in [3.63, 3.8) is 0 Å². The lowest BCUT2D eigenvalue weighted by Gasteiger charge is -2.30. The SMILES string of the molecule is O=C1/C(=C/c2ccc3c(c2)OCCO3)S/C(=N\c2ccc(F)cc2)N1C1CCCCC1. The van der Waals surface area contributed by atoms with E-state index in [4.69, 9.17) is 14.5 Å². The molecule has 0 radical (unpaired) electrons. The fourth-order valence-corrected chi connectivity index (χ4v) is 5.21. The van der Waals surface area contributed by atoms with Gasteiger partial charge in [-0.05, 0) is 72.6 Å². The number of amides is 1. The molecule has 2 aromatic carbocycles. The molecule has 1 aliphatic carbocycles. The number of hydrogen-bond acceptors (Lipinski definition) is 5. The summed E-state index contributed by atoms with van der Waals surface area (Å²) in [5.41, 5.74) is 1.52. The Balaban J connectivity index is 1.48. The van der Waals surface area contributed by atoms with Crippen LogP contribution in [0.5, 0.6) is 11.5 Å². The number of carbonyl (C=O) groups is 1. The van der Waals surface area contributed by atoms with Crippen LogP contribution in [-0.2, 0) is 4.79 Å². The van der Waals surface area contributed by atoms with E-state index in [1.54, 1.807) is 12.1 Å². The summed E-state index contributed by atoms with van der Waals surface area (Å²) in [6.45, 7) is 1.06. The highest BCUT2D eigenvalue weighted by Crippen LogP contribution is 2.39. The van der Waals surface area contributed by atoms with Gasteiger partial charge in [-0.15, -0.1) is 0 Å².